The van der Waals surface area contributed by atoms with E-state index in [9.17, 15) is 10.2 Å². The van der Waals surface area contributed by atoms with Crippen LogP contribution in [0.5, 0.6) is 11.5 Å². The highest BCUT2D eigenvalue weighted by molar-refractivity contribution is 5.49. The first-order valence-corrected chi connectivity index (χ1v) is 10.3. The maximum absolute atomic E-state index is 9.65. The Hall–Kier alpha value is -2.12. The standard InChI is InChI=1S/C23H30N2O4/c1-16(26)10-24-12-20-7-3-5-18(22(20)28-14-24)9-19-6-4-8-21-13-25(11-17(2)27)15-29-23(19)21/h3-8,16-17,26-27H,9-15H2,1-2H3. The SMILES string of the molecule is CC(O)CN1COc2c(Cc3cccc4c3OCN(CC(C)O)C4)cccc2C1. The van der Waals surface area contributed by atoms with Crippen molar-refractivity contribution >= 4 is 0 Å². The van der Waals surface area contributed by atoms with E-state index in [0.29, 0.717) is 26.6 Å². The molecule has 0 amide bonds. The van der Waals surface area contributed by atoms with Crippen LogP contribution in [0.25, 0.3) is 0 Å². The lowest BCUT2D eigenvalue weighted by Crippen LogP contribution is -2.37. The Labute approximate surface area is 172 Å². The Bertz CT molecular complexity index is 783. The largest absolute Gasteiger partial charge is 0.477 e. The number of aliphatic hydroxyl groups is 2. The molecule has 2 aromatic rings. The van der Waals surface area contributed by atoms with Crippen LogP contribution in [0, 0.1) is 0 Å². The summed E-state index contributed by atoms with van der Waals surface area (Å²) in [5, 5.41) is 19.3. The number of ether oxygens (including phenoxy) is 2. The Balaban J connectivity index is 1.53. The molecule has 0 fully saturated rings. The van der Waals surface area contributed by atoms with Crippen molar-refractivity contribution in [2.24, 2.45) is 0 Å². The Morgan fingerprint density at radius 2 is 1.24 bits per heavy atom. The molecule has 0 radical (unpaired) electrons. The topological polar surface area (TPSA) is 65.4 Å². The van der Waals surface area contributed by atoms with Gasteiger partial charge in [-0.2, -0.15) is 0 Å². The zero-order valence-electron chi connectivity index (χ0n) is 17.2. The minimum Gasteiger partial charge on any atom is -0.477 e. The maximum Gasteiger partial charge on any atom is 0.142 e. The van der Waals surface area contributed by atoms with Gasteiger partial charge in [0.1, 0.15) is 25.0 Å². The van der Waals surface area contributed by atoms with E-state index < -0.39 is 0 Å². The van der Waals surface area contributed by atoms with Gasteiger partial charge in [-0.05, 0) is 25.0 Å². The van der Waals surface area contributed by atoms with Crippen LogP contribution in [-0.4, -0.2) is 58.8 Å². The van der Waals surface area contributed by atoms with Gasteiger partial charge >= 0.3 is 0 Å². The number of para-hydroxylation sites is 2. The summed E-state index contributed by atoms with van der Waals surface area (Å²) >= 11 is 0. The minimum atomic E-state index is -0.371. The van der Waals surface area contributed by atoms with E-state index >= 15 is 0 Å². The second-order valence-corrected chi connectivity index (χ2v) is 8.26. The highest BCUT2D eigenvalue weighted by Crippen LogP contribution is 2.35. The average Bonchev–Trinajstić information content (AvgIpc) is 2.67. The van der Waals surface area contributed by atoms with Crippen molar-refractivity contribution in [1.82, 2.24) is 9.80 Å². The van der Waals surface area contributed by atoms with Crippen molar-refractivity contribution in [3.05, 3.63) is 58.7 Å². The lowest BCUT2D eigenvalue weighted by atomic mass is 9.97. The van der Waals surface area contributed by atoms with Gasteiger partial charge in [0.05, 0.1) is 12.2 Å². The third kappa shape index (κ3) is 4.73. The molecule has 2 atom stereocenters. The van der Waals surface area contributed by atoms with Gasteiger partial charge in [-0.1, -0.05) is 36.4 Å². The molecule has 2 N–H and O–H groups in total. The molecule has 6 nitrogen and oxygen atoms in total. The van der Waals surface area contributed by atoms with Gasteiger partial charge in [0.25, 0.3) is 0 Å². The van der Waals surface area contributed by atoms with Crippen LogP contribution >= 0.6 is 0 Å². The van der Waals surface area contributed by atoms with Gasteiger partial charge in [-0.25, -0.2) is 0 Å². The molecule has 29 heavy (non-hydrogen) atoms. The monoisotopic (exact) mass is 398 g/mol. The van der Waals surface area contributed by atoms with E-state index in [4.69, 9.17) is 9.47 Å². The van der Waals surface area contributed by atoms with Crippen LogP contribution in [-0.2, 0) is 19.5 Å². The van der Waals surface area contributed by atoms with E-state index in [0.717, 1.165) is 53.3 Å². The number of hydrogen-bond donors (Lipinski definition) is 2. The predicted octanol–water partition coefficient (Wildman–Crippen LogP) is 2.34. The average molecular weight is 399 g/mol. The number of aliphatic hydroxyl groups excluding tert-OH is 2. The first kappa shape index (κ1) is 20.2. The Kier molecular flexibility index (Phi) is 6.06. The number of fused-ring (bicyclic) bond motifs is 2. The molecule has 2 unspecified atom stereocenters. The number of rotatable bonds is 6. The first-order chi connectivity index (χ1) is 14.0. The number of hydrogen-bond acceptors (Lipinski definition) is 6. The summed E-state index contributed by atoms with van der Waals surface area (Å²) in [5.74, 6) is 1.91. The molecule has 0 saturated carbocycles. The van der Waals surface area contributed by atoms with E-state index in [1.54, 1.807) is 13.8 Å². The van der Waals surface area contributed by atoms with Crippen molar-refractivity contribution in [2.75, 3.05) is 26.6 Å². The lowest BCUT2D eigenvalue weighted by Gasteiger charge is -2.32. The molecule has 2 aliphatic heterocycles. The number of nitrogens with zero attached hydrogens (tertiary/aromatic N) is 2. The van der Waals surface area contributed by atoms with Crippen LogP contribution in [0.15, 0.2) is 36.4 Å². The van der Waals surface area contributed by atoms with Crippen LogP contribution in [0.4, 0.5) is 0 Å². The van der Waals surface area contributed by atoms with Gasteiger partial charge in [0.15, 0.2) is 0 Å². The smallest absolute Gasteiger partial charge is 0.142 e. The molecule has 0 aliphatic carbocycles. The summed E-state index contributed by atoms with van der Waals surface area (Å²) in [6.45, 7) is 7.36. The lowest BCUT2D eigenvalue weighted by molar-refractivity contribution is 0.0488. The molecule has 2 aromatic carbocycles. The molecule has 6 heteroatoms. The summed E-state index contributed by atoms with van der Waals surface area (Å²) in [7, 11) is 0. The summed E-state index contributed by atoms with van der Waals surface area (Å²) in [5.41, 5.74) is 4.62. The fourth-order valence-corrected chi connectivity index (χ4v) is 4.25. The second-order valence-electron chi connectivity index (χ2n) is 8.26. The van der Waals surface area contributed by atoms with Crippen molar-refractivity contribution in [3.8, 4) is 11.5 Å². The van der Waals surface area contributed by atoms with Crippen molar-refractivity contribution in [2.45, 2.75) is 45.6 Å². The van der Waals surface area contributed by atoms with Crippen molar-refractivity contribution < 1.29 is 19.7 Å². The van der Waals surface area contributed by atoms with Gasteiger partial charge in [0, 0.05) is 43.7 Å². The van der Waals surface area contributed by atoms with Crippen LogP contribution in [0.1, 0.15) is 36.1 Å². The molecule has 4 rings (SSSR count). The van der Waals surface area contributed by atoms with E-state index in [2.05, 4.69) is 46.2 Å². The fraction of sp³-hybridized carbons (Fsp3) is 0.478. The summed E-state index contributed by atoms with van der Waals surface area (Å²) in [6.07, 6.45) is 0.00788. The van der Waals surface area contributed by atoms with Gasteiger partial charge in [0.2, 0.25) is 0 Å². The Morgan fingerprint density at radius 1 is 0.793 bits per heavy atom. The normalized spacial score (nSPS) is 18.9. The van der Waals surface area contributed by atoms with Crippen LogP contribution in [0.3, 0.4) is 0 Å². The minimum absolute atomic E-state index is 0.371. The molecule has 2 aliphatic rings. The first-order valence-electron chi connectivity index (χ1n) is 10.3. The third-order valence-corrected chi connectivity index (χ3v) is 5.35. The molecule has 0 saturated heterocycles. The zero-order valence-corrected chi connectivity index (χ0v) is 17.2. The van der Waals surface area contributed by atoms with Gasteiger partial charge < -0.3 is 19.7 Å². The van der Waals surface area contributed by atoms with E-state index in [1.165, 1.54) is 0 Å². The van der Waals surface area contributed by atoms with E-state index in [1.807, 2.05) is 0 Å². The van der Waals surface area contributed by atoms with E-state index in [-0.39, 0.29) is 12.2 Å². The molecule has 0 spiro atoms. The molecule has 2 heterocycles. The molecule has 0 aromatic heterocycles. The summed E-state index contributed by atoms with van der Waals surface area (Å²) in [6, 6.07) is 12.6. The zero-order chi connectivity index (χ0) is 20.4. The summed E-state index contributed by atoms with van der Waals surface area (Å²) in [4.78, 5) is 4.22. The van der Waals surface area contributed by atoms with Gasteiger partial charge in [-0.15, -0.1) is 0 Å². The molecule has 0 bridgehead atoms. The van der Waals surface area contributed by atoms with Crippen LogP contribution in [0.2, 0.25) is 0 Å². The summed E-state index contributed by atoms with van der Waals surface area (Å²) < 4.78 is 12.2. The molecular weight excluding hydrogens is 368 g/mol. The molecule has 156 valence electrons. The van der Waals surface area contributed by atoms with Gasteiger partial charge in [-0.3, -0.25) is 9.80 Å². The highest BCUT2D eigenvalue weighted by Gasteiger charge is 2.24. The number of β-amino-alcohol motifs (C(OH)–C–C–N with tert-alkyl or cyclic N) is 2. The van der Waals surface area contributed by atoms with Crippen molar-refractivity contribution in [3.63, 3.8) is 0 Å². The molecular formula is C23H30N2O4. The Morgan fingerprint density at radius 3 is 1.66 bits per heavy atom. The third-order valence-electron chi connectivity index (χ3n) is 5.35. The quantitative estimate of drug-likeness (QED) is 0.779. The second kappa shape index (κ2) is 8.71. The fourth-order valence-electron chi connectivity index (χ4n) is 4.25. The predicted molar refractivity (Wildman–Crippen MR) is 111 cm³/mol. The highest BCUT2D eigenvalue weighted by atomic mass is 16.5. The van der Waals surface area contributed by atoms with Crippen molar-refractivity contribution in [1.29, 1.82) is 0 Å². The van der Waals surface area contributed by atoms with Crippen LogP contribution < -0.4 is 9.47 Å². The number of benzene rings is 2. The maximum atomic E-state index is 9.65.